The summed E-state index contributed by atoms with van der Waals surface area (Å²) >= 11 is 0. The van der Waals surface area contributed by atoms with E-state index in [1.165, 1.54) is 37.8 Å². The van der Waals surface area contributed by atoms with E-state index in [4.69, 9.17) is 0 Å². The van der Waals surface area contributed by atoms with Gasteiger partial charge in [-0.2, -0.15) is 0 Å². The third-order valence-electron chi connectivity index (χ3n) is 3.38. The zero-order valence-electron chi connectivity index (χ0n) is 8.29. The van der Waals surface area contributed by atoms with Crippen LogP contribution >= 0.6 is 0 Å². The first-order valence-electron chi connectivity index (χ1n) is 5.38. The van der Waals surface area contributed by atoms with Crippen LogP contribution in [0.4, 0.5) is 0 Å². The van der Waals surface area contributed by atoms with Gasteiger partial charge in [0.1, 0.15) is 0 Å². The minimum Gasteiger partial charge on any atom is -0.348 e. The zero-order chi connectivity index (χ0) is 9.10. The van der Waals surface area contributed by atoms with E-state index in [0.29, 0.717) is 0 Å². The van der Waals surface area contributed by atoms with Crippen LogP contribution in [-0.2, 0) is 0 Å². The van der Waals surface area contributed by atoms with E-state index in [9.17, 15) is 0 Å². The normalized spacial score (nSPS) is 29.0. The molecule has 1 aliphatic rings. The lowest BCUT2D eigenvalue weighted by Crippen LogP contribution is -2.12. The molecule has 2 heteroatoms. The van der Waals surface area contributed by atoms with E-state index in [-0.39, 0.29) is 0 Å². The van der Waals surface area contributed by atoms with Crippen molar-refractivity contribution in [2.24, 2.45) is 5.92 Å². The lowest BCUT2D eigenvalue weighted by Gasteiger charge is -2.26. The molecule has 1 N–H and O–H groups in total. The Morgan fingerprint density at radius 2 is 2.15 bits per heavy atom. The van der Waals surface area contributed by atoms with Crippen molar-refractivity contribution < 1.29 is 0 Å². The van der Waals surface area contributed by atoms with Crippen LogP contribution < -0.4 is 0 Å². The van der Waals surface area contributed by atoms with Crippen molar-refractivity contribution in [3.05, 3.63) is 18.2 Å². The molecule has 0 radical (unpaired) electrons. The molecule has 0 atom stereocenters. The molecule has 1 fully saturated rings. The molecule has 2 nitrogen and oxygen atoms in total. The highest BCUT2D eigenvalue weighted by Gasteiger charge is 2.21. The van der Waals surface area contributed by atoms with E-state index in [1.54, 1.807) is 6.33 Å². The third-order valence-corrected chi connectivity index (χ3v) is 3.38. The largest absolute Gasteiger partial charge is 0.348 e. The fraction of sp³-hybridized carbons (Fsp3) is 0.727. The first-order valence-corrected chi connectivity index (χ1v) is 5.38. The van der Waals surface area contributed by atoms with Gasteiger partial charge in [0.15, 0.2) is 0 Å². The maximum atomic E-state index is 4.08. The Bertz CT molecular complexity index is 233. The molecule has 1 saturated carbocycles. The van der Waals surface area contributed by atoms with Crippen molar-refractivity contribution in [2.75, 3.05) is 0 Å². The summed E-state index contributed by atoms with van der Waals surface area (Å²) in [5.41, 5.74) is 1.34. The fourth-order valence-corrected chi connectivity index (χ4v) is 2.37. The number of aromatic nitrogens is 2. The van der Waals surface area contributed by atoms with E-state index >= 15 is 0 Å². The van der Waals surface area contributed by atoms with Gasteiger partial charge in [-0.05, 0) is 31.6 Å². The number of H-pyrrole nitrogens is 1. The number of imidazole rings is 1. The van der Waals surface area contributed by atoms with Crippen LogP contribution in [0.3, 0.4) is 0 Å². The molecule has 0 saturated heterocycles. The van der Waals surface area contributed by atoms with Crippen LogP contribution in [0.1, 0.15) is 50.6 Å². The number of nitrogens with one attached hydrogen (secondary N) is 1. The Morgan fingerprint density at radius 1 is 1.38 bits per heavy atom. The van der Waals surface area contributed by atoms with Crippen molar-refractivity contribution in [3.8, 4) is 0 Å². The van der Waals surface area contributed by atoms with Crippen molar-refractivity contribution in [1.82, 2.24) is 9.97 Å². The molecule has 0 unspecified atom stereocenters. The molecule has 0 amide bonds. The van der Waals surface area contributed by atoms with Crippen LogP contribution in [0, 0.1) is 5.92 Å². The molecular weight excluding hydrogens is 160 g/mol. The van der Waals surface area contributed by atoms with Gasteiger partial charge < -0.3 is 4.98 Å². The lowest BCUT2D eigenvalue weighted by atomic mass is 9.80. The van der Waals surface area contributed by atoms with Crippen molar-refractivity contribution in [2.45, 2.75) is 44.9 Å². The molecule has 0 aliphatic heterocycles. The van der Waals surface area contributed by atoms with Gasteiger partial charge in [0.2, 0.25) is 0 Å². The van der Waals surface area contributed by atoms with Crippen LogP contribution in [0.5, 0.6) is 0 Å². The highest BCUT2D eigenvalue weighted by Crippen LogP contribution is 2.35. The average molecular weight is 178 g/mol. The monoisotopic (exact) mass is 178 g/mol. The molecule has 1 aliphatic carbocycles. The molecule has 1 heterocycles. The van der Waals surface area contributed by atoms with Gasteiger partial charge in [-0.25, -0.2) is 4.98 Å². The second kappa shape index (κ2) is 3.95. The highest BCUT2D eigenvalue weighted by molar-refractivity contribution is 5.04. The van der Waals surface area contributed by atoms with E-state index in [0.717, 1.165) is 11.8 Å². The summed E-state index contributed by atoms with van der Waals surface area (Å²) in [7, 11) is 0. The number of hydrogen-bond donors (Lipinski definition) is 1. The standard InChI is InChI=1S/C11H18N2/c1-2-9-3-5-10(6-4-9)11-7-12-8-13-11/h7-10H,2-6H2,1H3,(H,12,13). The Labute approximate surface area is 79.8 Å². The summed E-state index contributed by atoms with van der Waals surface area (Å²) in [6, 6.07) is 0. The van der Waals surface area contributed by atoms with Gasteiger partial charge >= 0.3 is 0 Å². The topological polar surface area (TPSA) is 28.7 Å². The molecule has 0 aromatic carbocycles. The van der Waals surface area contributed by atoms with Crippen LogP contribution in [0.15, 0.2) is 12.5 Å². The number of aromatic amines is 1. The van der Waals surface area contributed by atoms with Crippen LogP contribution in [0.2, 0.25) is 0 Å². The molecule has 13 heavy (non-hydrogen) atoms. The maximum Gasteiger partial charge on any atom is 0.0921 e. The number of nitrogens with zero attached hydrogens (tertiary/aromatic N) is 1. The summed E-state index contributed by atoms with van der Waals surface area (Å²) < 4.78 is 0. The molecule has 1 aromatic rings. The van der Waals surface area contributed by atoms with Gasteiger partial charge in [0.05, 0.1) is 6.33 Å². The molecular formula is C11H18N2. The SMILES string of the molecule is CCC1CCC(c2cnc[nH]2)CC1. The highest BCUT2D eigenvalue weighted by atomic mass is 14.9. The first kappa shape index (κ1) is 8.79. The Morgan fingerprint density at radius 3 is 2.69 bits per heavy atom. The van der Waals surface area contributed by atoms with Crippen LogP contribution in [0.25, 0.3) is 0 Å². The van der Waals surface area contributed by atoms with Gasteiger partial charge in [-0.3, -0.25) is 0 Å². The second-order valence-corrected chi connectivity index (χ2v) is 4.13. The Kier molecular flexibility index (Phi) is 2.67. The zero-order valence-corrected chi connectivity index (χ0v) is 8.29. The van der Waals surface area contributed by atoms with Crippen molar-refractivity contribution in [3.63, 3.8) is 0 Å². The van der Waals surface area contributed by atoms with Gasteiger partial charge in [-0.1, -0.05) is 13.3 Å². The molecule has 1 aromatic heterocycles. The summed E-state index contributed by atoms with van der Waals surface area (Å²) in [6.07, 6.45) is 10.6. The van der Waals surface area contributed by atoms with Crippen molar-refractivity contribution >= 4 is 0 Å². The molecule has 0 spiro atoms. The average Bonchev–Trinajstić information content (AvgIpc) is 2.71. The van der Waals surface area contributed by atoms with Gasteiger partial charge in [-0.15, -0.1) is 0 Å². The van der Waals surface area contributed by atoms with E-state index in [1.807, 2.05) is 6.20 Å². The molecule has 0 bridgehead atoms. The Balaban J connectivity index is 1.92. The van der Waals surface area contributed by atoms with Crippen LogP contribution in [-0.4, -0.2) is 9.97 Å². The smallest absolute Gasteiger partial charge is 0.0921 e. The quantitative estimate of drug-likeness (QED) is 0.740. The number of hydrogen-bond acceptors (Lipinski definition) is 1. The summed E-state index contributed by atoms with van der Waals surface area (Å²) in [6.45, 7) is 2.31. The predicted octanol–water partition coefficient (Wildman–Crippen LogP) is 3.09. The fourth-order valence-electron chi connectivity index (χ4n) is 2.37. The summed E-state index contributed by atoms with van der Waals surface area (Å²) in [5, 5.41) is 0. The minimum absolute atomic E-state index is 0.755. The summed E-state index contributed by atoms with van der Waals surface area (Å²) in [5.74, 6) is 1.74. The maximum absolute atomic E-state index is 4.08. The van der Waals surface area contributed by atoms with E-state index < -0.39 is 0 Å². The number of rotatable bonds is 2. The van der Waals surface area contributed by atoms with Gasteiger partial charge in [0, 0.05) is 17.8 Å². The van der Waals surface area contributed by atoms with Gasteiger partial charge in [0.25, 0.3) is 0 Å². The molecule has 72 valence electrons. The second-order valence-electron chi connectivity index (χ2n) is 4.13. The first-order chi connectivity index (χ1) is 6.40. The predicted molar refractivity (Wildman–Crippen MR) is 53.6 cm³/mol. The molecule has 2 rings (SSSR count). The summed E-state index contributed by atoms with van der Waals surface area (Å²) in [4.78, 5) is 7.31. The Hall–Kier alpha value is -0.790. The van der Waals surface area contributed by atoms with E-state index in [2.05, 4.69) is 16.9 Å². The van der Waals surface area contributed by atoms with Crippen molar-refractivity contribution in [1.29, 1.82) is 0 Å². The third kappa shape index (κ3) is 1.93. The minimum atomic E-state index is 0.755. The lowest BCUT2D eigenvalue weighted by molar-refractivity contribution is 0.316.